The molecule has 0 aliphatic heterocycles. The van der Waals surface area contributed by atoms with Crippen LogP contribution in [-0.4, -0.2) is 19.0 Å². The molecule has 0 radical (unpaired) electrons. The largest absolute Gasteiger partial charge is 0.383 e. The minimum atomic E-state index is 0.536. The van der Waals surface area contributed by atoms with Crippen molar-refractivity contribution in [3.63, 3.8) is 0 Å². The van der Waals surface area contributed by atoms with Gasteiger partial charge in [-0.2, -0.15) is 0 Å². The molecule has 0 bridgehead atoms. The van der Waals surface area contributed by atoms with E-state index in [-0.39, 0.29) is 0 Å². The van der Waals surface area contributed by atoms with Gasteiger partial charge in [0.25, 0.3) is 0 Å². The molecule has 0 amide bonds. The Morgan fingerprint density at radius 1 is 1.08 bits per heavy atom. The van der Waals surface area contributed by atoms with E-state index in [1.54, 1.807) is 0 Å². The first kappa shape index (κ1) is 12.3. The molecule has 0 atom stereocenters. The lowest BCUT2D eigenvalue weighted by molar-refractivity contribution is 0.544. The van der Waals surface area contributed by atoms with Crippen LogP contribution < -0.4 is 0 Å². The first-order valence-corrected chi connectivity index (χ1v) is 4.93. The van der Waals surface area contributed by atoms with Crippen molar-refractivity contribution in [1.29, 1.82) is 0 Å². The minimum Gasteiger partial charge on any atom is -0.383 e. The number of hydrogen-bond acceptors (Lipinski definition) is 1. The van der Waals surface area contributed by atoms with Gasteiger partial charge in [0.2, 0.25) is 0 Å². The maximum absolute atomic E-state index is 4.13. The summed E-state index contributed by atoms with van der Waals surface area (Å²) < 4.78 is 0. The molecule has 0 N–H and O–H groups in total. The highest BCUT2D eigenvalue weighted by Crippen LogP contribution is 2.24. The summed E-state index contributed by atoms with van der Waals surface area (Å²) in [6.45, 7) is 12.9. The third kappa shape index (κ3) is 4.16. The van der Waals surface area contributed by atoms with Crippen LogP contribution in [0.3, 0.4) is 0 Å². The quantitative estimate of drug-likeness (QED) is 0.601. The number of allylic oxidation sites excluding steroid dienone is 2. The maximum Gasteiger partial charge on any atom is 0.00557 e. The average Bonchev–Trinajstić information content (AvgIpc) is 1.97. The molecule has 13 heavy (non-hydrogen) atoms. The van der Waals surface area contributed by atoms with Gasteiger partial charge in [0.15, 0.2) is 0 Å². The lowest BCUT2D eigenvalue weighted by Gasteiger charge is -2.20. The first-order chi connectivity index (χ1) is 5.86. The fourth-order valence-corrected chi connectivity index (χ4v) is 1.21. The second-order valence-electron chi connectivity index (χ2n) is 4.38. The van der Waals surface area contributed by atoms with E-state index in [9.17, 15) is 0 Å². The van der Waals surface area contributed by atoms with Crippen molar-refractivity contribution in [3.8, 4) is 0 Å². The monoisotopic (exact) mass is 181 g/mol. The van der Waals surface area contributed by atoms with Crippen LogP contribution in [0.25, 0.3) is 0 Å². The van der Waals surface area contributed by atoms with E-state index in [4.69, 9.17) is 0 Å². The topological polar surface area (TPSA) is 3.24 Å². The number of rotatable bonds is 4. The van der Waals surface area contributed by atoms with Crippen molar-refractivity contribution in [3.05, 3.63) is 23.9 Å². The van der Waals surface area contributed by atoms with Gasteiger partial charge >= 0.3 is 0 Å². The van der Waals surface area contributed by atoms with Gasteiger partial charge in [0.05, 0.1) is 0 Å². The van der Waals surface area contributed by atoms with Gasteiger partial charge in [-0.3, -0.25) is 0 Å². The molecule has 0 unspecified atom stereocenters. The molecule has 0 fully saturated rings. The third-order valence-corrected chi connectivity index (χ3v) is 2.09. The standard InChI is InChI=1S/C12H23N/c1-9(2)11(5)12(10(3)4)8-13(6)7/h8-10H,5H2,1-4,6-7H3/b12-8-. The van der Waals surface area contributed by atoms with Crippen LogP contribution in [0.5, 0.6) is 0 Å². The Morgan fingerprint density at radius 2 is 1.54 bits per heavy atom. The summed E-state index contributed by atoms with van der Waals surface area (Å²) in [6, 6.07) is 0. The zero-order chi connectivity index (χ0) is 10.6. The van der Waals surface area contributed by atoms with Gasteiger partial charge in [-0.25, -0.2) is 0 Å². The average molecular weight is 181 g/mol. The smallest absolute Gasteiger partial charge is 0.00557 e. The normalized spacial score (nSPS) is 12.5. The highest BCUT2D eigenvalue weighted by atomic mass is 15.0. The van der Waals surface area contributed by atoms with Crippen molar-refractivity contribution < 1.29 is 0 Å². The Balaban J connectivity index is 4.72. The summed E-state index contributed by atoms with van der Waals surface area (Å²) in [5.41, 5.74) is 2.61. The molecular formula is C12H23N. The van der Waals surface area contributed by atoms with Gasteiger partial charge < -0.3 is 4.90 Å². The first-order valence-electron chi connectivity index (χ1n) is 4.93. The molecule has 1 heteroatoms. The lowest BCUT2D eigenvalue weighted by Crippen LogP contribution is -2.09. The highest BCUT2D eigenvalue weighted by molar-refractivity contribution is 5.30. The molecule has 0 saturated carbocycles. The van der Waals surface area contributed by atoms with Gasteiger partial charge in [0.1, 0.15) is 0 Å². The summed E-state index contributed by atoms with van der Waals surface area (Å²) in [5, 5.41) is 0. The Labute approximate surface area is 83.1 Å². The second-order valence-corrected chi connectivity index (χ2v) is 4.38. The number of hydrogen-bond donors (Lipinski definition) is 0. The second kappa shape index (κ2) is 5.11. The van der Waals surface area contributed by atoms with Crippen molar-refractivity contribution in [2.75, 3.05) is 14.1 Å². The maximum atomic E-state index is 4.13. The van der Waals surface area contributed by atoms with Gasteiger partial charge in [-0.1, -0.05) is 34.3 Å². The molecule has 0 aliphatic carbocycles. The lowest BCUT2D eigenvalue weighted by atomic mass is 9.90. The summed E-state index contributed by atoms with van der Waals surface area (Å²) in [6.07, 6.45) is 2.17. The molecule has 0 aliphatic rings. The van der Waals surface area contributed by atoms with E-state index in [1.165, 1.54) is 11.1 Å². The van der Waals surface area contributed by atoms with Crippen molar-refractivity contribution in [1.82, 2.24) is 4.90 Å². The SMILES string of the molecule is C=C(/C(=C\N(C)C)C(C)C)C(C)C. The van der Waals surface area contributed by atoms with Crippen LogP contribution in [0.2, 0.25) is 0 Å². The van der Waals surface area contributed by atoms with Crippen LogP contribution in [0, 0.1) is 11.8 Å². The Hall–Kier alpha value is -0.720. The van der Waals surface area contributed by atoms with E-state index in [1.807, 2.05) is 0 Å². The Morgan fingerprint density at radius 3 is 1.77 bits per heavy atom. The summed E-state index contributed by atoms with van der Waals surface area (Å²) in [4.78, 5) is 2.09. The van der Waals surface area contributed by atoms with Crippen LogP contribution in [0.1, 0.15) is 27.7 Å². The predicted octanol–water partition coefficient (Wildman–Crippen LogP) is 3.30. The van der Waals surface area contributed by atoms with E-state index in [2.05, 4.69) is 59.5 Å². The van der Waals surface area contributed by atoms with Crippen LogP contribution in [0.4, 0.5) is 0 Å². The predicted molar refractivity (Wildman–Crippen MR) is 60.6 cm³/mol. The fourth-order valence-electron chi connectivity index (χ4n) is 1.21. The van der Waals surface area contributed by atoms with Gasteiger partial charge in [-0.15, -0.1) is 0 Å². The summed E-state index contributed by atoms with van der Waals surface area (Å²) in [7, 11) is 4.10. The zero-order valence-electron chi connectivity index (χ0n) is 9.89. The van der Waals surface area contributed by atoms with Crippen molar-refractivity contribution in [2.45, 2.75) is 27.7 Å². The third-order valence-electron chi connectivity index (χ3n) is 2.09. The molecule has 0 rings (SSSR count). The Kier molecular flexibility index (Phi) is 4.82. The van der Waals surface area contributed by atoms with Gasteiger partial charge in [-0.05, 0) is 23.0 Å². The zero-order valence-corrected chi connectivity index (χ0v) is 9.89. The van der Waals surface area contributed by atoms with Gasteiger partial charge in [0, 0.05) is 20.3 Å². The van der Waals surface area contributed by atoms with Crippen LogP contribution >= 0.6 is 0 Å². The molecule has 0 aromatic rings. The fraction of sp³-hybridized carbons (Fsp3) is 0.667. The van der Waals surface area contributed by atoms with E-state index >= 15 is 0 Å². The Bertz CT molecular complexity index is 197. The molecule has 0 aromatic heterocycles. The molecule has 1 nitrogen and oxygen atoms in total. The van der Waals surface area contributed by atoms with Crippen LogP contribution in [0.15, 0.2) is 23.9 Å². The summed E-state index contributed by atoms with van der Waals surface area (Å²) in [5.74, 6) is 1.09. The van der Waals surface area contributed by atoms with E-state index in [0.29, 0.717) is 11.8 Å². The minimum absolute atomic E-state index is 0.536. The molecule has 0 saturated heterocycles. The summed E-state index contributed by atoms with van der Waals surface area (Å²) >= 11 is 0. The number of nitrogens with zero attached hydrogens (tertiary/aromatic N) is 1. The highest BCUT2D eigenvalue weighted by Gasteiger charge is 2.10. The van der Waals surface area contributed by atoms with E-state index in [0.717, 1.165) is 0 Å². The molecule has 76 valence electrons. The molecular weight excluding hydrogens is 158 g/mol. The van der Waals surface area contributed by atoms with E-state index < -0.39 is 0 Å². The molecule has 0 heterocycles. The van der Waals surface area contributed by atoms with Crippen molar-refractivity contribution >= 4 is 0 Å². The molecule has 0 spiro atoms. The van der Waals surface area contributed by atoms with Crippen molar-refractivity contribution in [2.24, 2.45) is 11.8 Å². The molecule has 0 aromatic carbocycles. The van der Waals surface area contributed by atoms with Crippen LogP contribution in [-0.2, 0) is 0 Å².